The molecule has 0 saturated carbocycles. The smallest absolute Gasteiger partial charge is 0.220 e. The zero-order valence-electron chi connectivity index (χ0n) is 10.8. The summed E-state index contributed by atoms with van der Waals surface area (Å²) in [5.74, 6) is 0.846. The van der Waals surface area contributed by atoms with Crippen molar-refractivity contribution in [1.82, 2.24) is 20.2 Å². The number of imidazole rings is 1. The number of nitrogens with one attached hydrogen (secondary N) is 2. The van der Waals surface area contributed by atoms with Gasteiger partial charge >= 0.3 is 0 Å². The third-order valence-corrected chi connectivity index (χ3v) is 3.43. The van der Waals surface area contributed by atoms with Gasteiger partial charge in [-0.1, -0.05) is 0 Å². The van der Waals surface area contributed by atoms with Gasteiger partial charge in [-0.25, -0.2) is 4.98 Å². The van der Waals surface area contributed by atoms with Gasteiger partial charge in [0.15, 0.2) is 0 Å². The molecular formula is C13H22N4O. The van der Waals surface area contributed by atoms with Crippen molar-refractivity contribution in [2.24, 2.45) is 5.92 Å². The van der Waals surface area contributed by atoms with Crippen LogP contribution < -0.4 is 10.6 Å². The zero-order chi connectivity index (χ0) is 12.6. The number of hydrogen-bond acceptors (Lipinski definition) is 3. The van der Waals surface area contributed by atoms with Crippen LogP contribution in [0.3, 0.4) is 0 Å². The van der Waals surface area contributed by atoms with E-state index >= 15 is 0 Å². The zero-order valence-corrected chi connectivity index (χ0v) is 10.8. The molecule has 5 heteroatoms. The monoisotopic (exact) mass is 250 g/mol. The average molecular weight is 250 g/mol. The minimum absolute atomic E-state index is 0.167. The molecule has 0 aliphatic carbocycles. The number of hydrogen-bond donors (Lipinski definition) is 2. The lowest BCUT2D eigenvalue weighted by molar-refractivity contribution is -0.121. The lowest BCUT2D eigenvalue weighted by atomic mass is 9.94. The maximum atomic E-state index is 11.7. The molecule has 1 saturated heterocycles. The first kappa shape index (κ1) is 13.1. The van der Waals surface area contributed by atoms with Crippen LogP contribution in [0.4, 0.5) is 0 Å². The van der Waals surface area contributed by atoms with Crippen LogP contribution in [0.5, 0.6) is 0 Å². The molecular weight excluding hydrogens is 228 g/mol. The minimum Gasteiger partial charge on any atom is -0.354 e. The fraction of sp³-hybridized carbons (Fsp3) is 0.692. The van der Waals surface area contributed by atoms with Gasteiger partial charge in [-0.05, 0) is 38.3 Å². The highest BCUT2D eigenvalue weighted by Crippen LogP contribution is 2.15. The summed E-state index contributed by atoms with van der Waals surface area (Å²) in [5.41, 5.74) is 0. The van der Waals surface area contributed by atoms with Crippen molar-refractivity contribution in [2.45, 2.75) is 32.2 Å². The van der Waals surface area contributed by atoms with Crippen LogP contribution in [-0.2, 0) is 11.3 Å². The Bertz CT molecular complexity index is 344. The largest absolute Gasteiger partial charge is 0.354 e. The SMILES string of the molecule is O=C(CCC1CCCNC1)NCCn1ccnc1. The van der Waals surface area contributed by atoms with E-state index in [1.165, 1.54) is 12.8 Å². The Morgan fingerprint density at radius 1 is 1.56 bits per heavy atom. The predicted octanol–water partition coefficient (Wildman–Crippen LogP) is 0.779. The van der Waals surface area contributed by atoms with Crippen LogP contribution in [-0.4, -0.2) is 35.1 Å². The molecule has 5 nitrogen and oxygen atoms in total. The van der Waals surface area contributed by atoms with Gasteiger partial charge in [-0.15, -0.1) is 0 Å². The summed E-state index contributed by atoms with van der Waals surface area (Å²) >= 11 is 0. The molecule has 0 radical (unpaired) electrons. The summed E-state index contributed by atoms with van der Waals surface area (Å²) in [5, 5.41) is 6.33. The normalized spacial score (nSPS) is 19.7. The Morgan fingerprint density at radius 2 is 2.50 bits per heavy atom. The molecule has 0 spiro atoms. The lowest BCUT2D eigenvalue weighted by Crippen LogP contribution is -2.32. The van der Waals surface area contributed by atoms with Crippen LogP contribution in [0.2, 0.25) is 0 Å². The van der Waals surface area contributed by atoms with Gasteiger partial charge in [0.1, 0.15) is 0 Å². The average Bonchev–Trinajstić information content (AvgIpc) is 2.91. The van der Waals surface area contributed by atoms with E-state index in [0.29, 0.717) is 18.9 Å². The third kappa shape index (κ3) is 4.49. The van der Waals surface area contributed by atoms with Crippen molar-refractivity contribution < 1.29 is 4.79 Å². The molecule has 2 rings (SSSR count). The summed E-state index contributed by atoms with van der Waals surface area (Å²) < 4.78 is 1.96. The van der Waals surface area contributed by atoms with E-state index < -0.39 is 0 Å². The highest BCUT2D eigenvalue weighted by Gasteiger charge is 2.14. The lowest BCUT2D eigenvalue weighted by Gasteiger charge is -2.22. The third-order valence-electron chi connectivity index (χ3n) is 3.43. The molecule has 2 N–H and O–H groups in total. The molecule has 1 atom stereocenters. The number of rotatable bonds is 6. The first-order chi connectivity index (χ1) is 8.84. The first-order valence-corrected chi connectivity index (χ1v) is 6.78. The van der Waals surface area contributed by atoms with Crippen molar-refractivity contribution in [2.75, 3.05) is 19.6 Å². The molecule has 100 valence electrons. The van der Waals surface area contributed by atoms with Gasteiger partial charge in [0.25, 0.3) is 0 Å². The summed E-state index contributed by atoms with van der Waals surface area (Å²) in [6, 6.07) is 0. The Labute approximate surface area is 108 Å². The van der Waals surface area contributed by atoms with Crippen LogP contribution in [0.25, 0.3) is 0 Å². The molecule has 0 bridgehead atoms. The summed E-state index contributed by atoms with van der Waals surface area (Å²) in [7, 11) is 0. The molecule has 1 aliphatic heterocycles. The topological polar surface area (TPSA) is 59.0 Å². The molecule has 1 amide bonds. The van der Waals surface area contributed by atoms with Gasteiger partial charge < -0.3 is 15.2 Å². The van der Waals surface area contributed by atoms with Gasteiger partial charge in [0.05, 0.1) is 6.33 Å². The van der Waals surface area contributed by atoms with Crippen molar-refractivity contribution in [1.29, 1.82) is 0 Å². The van der Waals surface area contributed by atoms with Crippen LogP contribution in [0, 0.1) is 5.92 Å². The number of nitrogens with zero attached hydrogens (tertiary/aromatic N) is 2. The Hall–Kier alpha value is -1.36. The second-order valence-electron chi connectivity index (χ2n) is 4.90. The van der Waals surface area contributed by atoms with E-state index in [9.17, 15) is 4.79 Å². The number of piperidine rings is 1. The van der Waals surface area contributed by atoms with Crippen molar-refractivity contribution in [3.05, 3.63) is 18.7 Å². The number of carbonyl (C=O) groups excluding carboxylic acids is 1. The van der Waals surface area contributed by atoms with Crippen molar-refractivity contribution in [3.8, 4) is 0 Å². The van der Waals surface area contributed by atoms with Crippen LogP contribution >= 0.6 is 0 Å². The number of carbonyl (C=O) groups is 1. The van der Waals surface area contributed by atoms with E-state index in [2.05, 4.69) is 15.6 Å². The predicted molar refractivity (Wildman–Crippen MR) is 70.1 cm³/mol. The second kappa shape index (κ2) is 7.16. The quantitative estimate of drug-likeness (QED) is 0.784. The molecule has 1 fully saturated rings. The molecule has 1 unspecified atom stereocenters. The maximum absolute atomic E-state index is 11.7. The molecule has 2 heterocycles. The minimum atomic E-state index is 0.167. The fourth-order valence-electron chi connectivity index (χ4n) is 2.34. The molecule has 1 aliphatic rings. The summed E-state index contributed by atoms with van der Waals surface area (Å²) in [4.78, 5) is 15.6. The summed E-state index contributed by atoms with van der Waals surface area (Å²) in [6.45, 7) is 3.67. The fourth-order valence-corrected chi connectivity index (χ4v) is 2.34. The van der Waals surface area contributed by atoms with Gasteiger partial charge in [0, 0.05) is 31.9 Å². The molecule has 1 aromatic rings. The Morgan fingerprint density at radius 3 is 3.22 bits per heavy atom. The maximum Gasteiger partial charge on any atom is 0.220 e. The standard InChI is InChI=1S/C13H22N4O/c18-13(4-3-12-2-1-5-14-10-12)16-7-9-17-8-6-15-11-17/h6,8,11-12,14H,1-5,7,9-10H2,(H,16,18). The van der Waals surface area contributed by atoms with E-state index in [-0.39, 0.29) is 5.91 Å². The van der Waals surface area contributed by atoms with E-state index in [1.807, 2.05) is 10.8 Å². The Balaban J connectivity index is 1.54. The van der Waals surface area contributed by atoms with Gasteiger partial charge in [-0.2, -0.15) is 0 Å². The highest BCUT2D eigenvalue weighted by atomic mass is 16.1. The number of amides is 1. The van der Waals surface area contributed by atoms with Crippen molar-refractivity contribution in [3.63, 3.8) is 0 Å². The van der Waals surface area contributed by atoms with Crippen LogP contribution in [0.1, 0.15) is 25.7 Å². The van der Waals surface area contributed by atoms with Crippen LogP contribution in [0.15, 0.2) is 18.7 Å². The molecule has 0 aromatic carbocycles. The van der Waals surface area contributed by atoms with E-state index in [0.717, 1.165) is 26.1 Å². The van der Waals surface area contributed by atoms with Crippen molar-refractivity contribution >= 4 is 5.91 Å². The number of aromatic nitrogens is 2. The summed E-state index contributed by atoms with van der Waals surface area (Å²) in [6.07, 6.45) is 9.57. The Kier molecular flexibility index (Phi) is 5.20. The molecule has 1 aromatic heterocycles. The van der Waals surface area contributed by atoms with Gasteiger partial charge in [-0.3, -0.25) is 4.79 Å². The first-order valence-electron chi connectivity index (χ1n) is 6.78. The second-order valence-corrected chi connectivity index (χ2v) is 4.90. The van der Waals surface area contributed by atoms with E-state index in [4.69, 9.17) is 0 Å². The highest BCUT2D eigenvalue weighted by molar-refractivity contribution is 5.75. The van der Waals surface area contributed by atoms with E-state index in [1.54, 1.807) is 12.5 Å². The molecule has 18 heavy (non-hydrogen) atoms. The van der Waals surface area contributed by atoms with Gasteiger partial charge in [0.2, 0.25) is 5.91 Å².